The van der Waals surface area contributed by atoms with Gasteiger partial charge in [0.1, 0.15) is 0 Å². The Labute approximate surface area is 120 Å². The minimum Gasteiger partial charge on any atom is -0.378 e. The number of benzene rings is 1. The molecule has 0 aliphatic carbocycles. The van der Waals surface area contributed by atoms with Crippen molar-refractivity contribution in [3.8, 4) is 0 Å². The van der Waals surface area contributed by atoms with Crippen LogP contribution in [0.2, 0.25) is 0 Å². The van der Waals surface area contributed by atoms with Crippen molar-refractivity contribution in [3.63, 3.8) is 0 Å². The van der Waals surface area contributed by atoms with E-state index >= 15 is 0 Å². The molecule has 116 valence electrons. The molecule has 1 heterocycles. The standard InChI is InChI=1S/C14H17F3N2O2/c15-14(16,17)12-3-1-11(2-4-12)5-6-18-13(20)19-7-9-21-10-8-19/h1-4H,5-10H2,(H,18,20). The summed E-state index contributed by atoms with van der Waals surface area (Å²) in [5.41, 5.74) is 0.0916. The molecule has 0 atom stereocenters. The Morgan fingerprint density at radius 2 is 1.81 bits per heavy atom. The lowest BCUT2D eigenvalue weighted by molar-refractivity contribution is -0.137. The first kappa shape index (κ1) is 15.6. The van der Waals surface area contributed by atoms with Crippen LogP contribution >= 0.6 is 0 Å². The Morgan fingerprint density at radius 3 is 2.38 bits per heavy atom. The average molecular weight is 302 g/mol. The fraction of sp³-hybridized carbons (Fsp3) is 0.500. The lowest BCUT2D eigenvalue weighted by Crippen LogP contribution is -2.46. The lowest BCUT2D eigenvalue weighted by Gasteiger charge is -2.26. The highest BCUT2D eigenvalue weighted by Crippen LogP contribution is 2.29. The van der Waals surface area contributed by atoms with Gasteiger partial charge in [-0.05, 0) is 24.1 Å². The zero-order chi connectivity index (χ0) is 15.3. The average Bonchev–Trinajstić information content (AvgIpc) is 2.47. The van der Waals surface area contributed by atoms with Gasteiger partial charge in [-0.1, -0.05) is 12.1 Å². The second-order valence-electron chi connectivity index (χ2n) is 4.78. The van der Waals surface area contributed by atoms with Crippen LogP contribution in [0.3, 0.4) is 0 Å². The van der Waals surface area contributed by atoms with E-state index in [4.69, 9.17) is 4.74 Å². The van der Waals surface area contributed by atoms with Crippen LogP contribution in [0.1, 0.15) is 11.1 Å². The fourth-order valence-electron chi connectivity index (χ4n) is 2.05. The Hall–Kier alpha value is -1.76. The van der Waals surface area contributed by atoms with Crippen molar-refractivity contribution in [1.82, 2.24) is 10.2 Å². The largest absolute Gasteiger partial charge is 0.416 e. The van der Waals surface area contributed by atoms with Gasteiger partial charge in [-0.2, -0.15) is 13.2 Å². The number of urea groups is 1. The normalized spacial score (nSPS) is 15.9. The molecule has 1 N–H and O–H groups in total. The molecule has 0 aromatic heterocycles. The minimum absolute atomic E-state index is 0.162. The number of ether oxygens (including phenoxy) is 1. The van der Waals surface area contributed by atoms with Crippen molar-refractivity contribution < 1.29 is 22.7 Å². The third-order valence-corrected chi connectivity index (χ3v) is 3.27. The van der Waals surface area contributed by atoms with Gasteiger partial charge in [0, 0.05) is 19.6 Å². The highest BCUT2D eigenvalue weighted by atomic mass is 19.4. The van der Waals surface area contributed by atoms with Crippen LogP contribution in [0.5, 0.6) is 0 Å². The minimum atomic E-state index is -4.32. The Bertz CT molecular complexity index is 468. The summed E-state index contributed by atoms with van der Waals surface area (Å²) in [5.74, 6) is 0. The number of amides is 2. The maximum atomic E-state index is 12.4. The number of rotatable bonds is 3. The lowest BCUT2D eigenvalue weighted by atomic mass is 10.1. The van der Waals surface area contributed by atoms with Gasteiger partial charge < -0.3 is 15.0 Å². The third kappa shape index (κ3) is 4.63. The molecular formula is C14H17F3N2O2. The van der Waals surface area contributed by atoms with Crippen LogP contribution in [0.4, 0.5) is 18.0 Å². The molecular weight excluding hydrogens is 285 g/mol. The van der Waals surface area contributed by atoms with Crippen molar-refractivity contribution in [2.45, 2.75) is 12.6 Å². The second-order valence-corrected chi connectivity index (χ2v) is 4.78. The quantitative estimate of drug-likeness (QED) is 0.931. The third-order valence-electron chi connectivity index (χ3n) is 3.27. The molecule has 0 spiro atoms. The van der Waals surface area contributed by atoms with Gasteiger partial charge in [-0.25, -0.2) is 4.79 Å². The van der Waals surface area contributed by atoms with Crippen LogP contribution in [0.25, 0.3) is 0 Å². The van der Waals surface area contributed by atoms with E-state index in [2.05, 4.69) is 5.32 Å². The van der Waals surface area contributed by atoms with Crippen LogP contribution < -0.4 is 5.32 Å². The van der Waals surface area contributed by atoms with E-state index in [1.54, 1.807) is 4.90 Å². The fourth-order valence-corrected chi connectivity index (χ4v) is 2.05. The zero-order valence-corrected chi connectivity index (χ0v) is 11.4. The van der Waals surface area contributed by atoms with E-state index in [1.165, 1.54) is 12.1 Å². The molecule has 1 aromatic carbocycles. The van der Waals surface area contributed by atoms with Gasteiger partial charge >= 0.3 is 12.2 Å². The summed E-state index contributed by atoms with van der Waals surface area (Å²) in [6.45, 7) is 2.58. The molecule has 7 heteroatoms. The van der Waals surface area contributed by atoms with Gasteiger partial charge in [-0.15, -0.1) is 0 Å². The molecule has 1 aliphatic rings. The number of nitrogens with zero attached hydrogens (tertiary/aromatic N) is 1. The first-order chi connectivity index (χ1) is 9.97. The second kappa shape index (κ2) is 6.80. The molecule has 0 radical (unpaired) electrons. The first-order valence-corrected chi connectivity index (χ1v) is 6.73. The predicted octanol–water partition coefficient (Wildman–Crippen LogP) is 2.29. The summed E-state index contributed by atoms with van der Waals surface area (Å²) in [7, 11) is 0. The number of nitrogens with one attached hydrogen (secondary N) is 1. The van der Waals surface area contributed by atoms with E-state index in [9.17, 15) is 18.0 Å². The maximum Gasteiger partial charge on any atom is 0.416 e. The van der Waals surface area contributed by atoms with Crippen LogP contribution in [-0.4, -0.2) is 43.8 Å². The number of carbonyl (C=O) groups is 1. The highest BCUT2D eigenvalue weighted by Gasteiger charge is 2.29. The number of carbonyl (C=O) groups excluding carboxylic acids is 1. The molecule has 1 saturated heterocycles. The smallest absolute Gasteiger partial charge is 0.378 e. The molecule has 2 amide bonds. The first-order valence-electron chi connectivity index (χ1n) is 6.73. The summed E-state index contributed by atoms with van der Waals surface area (Å²) in [6.07, 6.45) is -3.82. The van der Waals surface area contributed by atoms with E-state index in [0.29, 0.717) is 39.3 Å². The Balaban J connectivity index is 1.76. The van der Waals surface area contributed by atoms with Gasteiger partial charge in [0.15, 0.2) is 0 Å². The van der Waals surface area contributed by atoms with Crippen LogP contribution in [0.15, 0.2) is 24.3 Å². The molecule has 1 aromatic rings. The molecule has 0 bridgehead atoms. The molecule has 0 unspecified atom stereocenters. The summed E-state index contributed by atoms with van der Waals surface area (Å²) in [6, 6.07) is 4.82. The van der Waals surface area contributed by atoms with Crippen LogP contribution in [0, 0.1) is 0 Å². The number of hydrogen-bond donors (Lipinski definition) is 1. The monoisotopic (exact) mass is 302 g/mol. The van der Waals surface area contributed by atoms with E-state index < -0.39 is 11.7 Å². The van der Waals surface area contributed by atoms with Gasteiger partial charge in [-0.3, -0.25) is 0 Å². The molecule has 1 aliphatic heterocycles. The maximum absolute atomic E-state index is 12.4. The topological polar surface area (TPSA) is 41.6 Å². The SMILES string of the molecule is O=C(NCCc1ccc(C(F)(F)F)cc1)N1CCOCC1. The van der Waals surface area contributed by atoms with E-state index in [-0.39, 0.29) is 6.03 Å². The predicted molar refractivity (Wildman–Crippen MR) is 70.9 cm³/mol. The summed E-state index contributed by atoms with van der Waals surface area (Å²) in [5, 5.41) is 2.75. The van der Waals surface area contributed by atoms with Crippen LogP contribution in [-0.2, 0) is 17.3 Å². The molecule has 2 rings (SSSR count). The van der Waals surface area contributed by atoms with Gasteiger partial charge in [0.05, 0.1) is 18.8 Å². The number of alkyl halides is 3. The van der Waals surface area contributed by atoms with Crippen molar-refractivity contribution in [2.24, 2.45) is 0 Å². The van der Waals surface area contributed by atoms with Gasteiger partial charge in [0.2, 0.25) is 0 Å². The number of halogens is 3. The molecule has 1 fully saturated rings. The number of hydrogen-bond acceptors (Lipinski definition) is 2. The number of morpholine rings is 1. The van der Waals surface area contributed by atoms with Crippen molar-refractivity contribution >= 4 is 6.03 Å². The zero-order valence-electron chi connectivity index (χ0n) is 11.4. The van der Waals surface area contributed by atoms with E-state index in [0.717, 1.165) is 17.7 Å². The van der Waals surface area contributed by atoms with Crippen molar-refractivity contribution in [2.75, 3.05) is 32.8 Å². The molecule has 0 saturated carbocycles. The molecule has 21 heavy (non-hydrogen) atoms. The van der Waals surface area contributed by atoms with Crippen molar-refractivity contribution in [3.05, 3.63) is 35.4 Å². The van der Waals surface area contributed by atoms with Gasteiger partial charge in [0.25, 0.3) is 0 Å². The van der Waals surface area contributed by atoms with E-state index in [1.807, 2.05) is 0 Å². The summed E-state index contributed by atoms with van der Waals surface area (Å²) in [4.78, 5) is 13.4. The highest BCUT2D eigenvalue weighted by molar-refractivity contribution is 5.74. The Kier molecular flexibility index (Phi) is 5.06. The molecule has 4 nitrogen and oxygen atoms in total. The Morgan fingerprint density at radius 1 is 1.19 bits per heavy atom. The summed E-state index contributed by atoms with van der Waals surface area (Å²) < 4.78 is 42.4. The van der Waals surface area contributed by atoms with Crippen molar-refractivity contribution in [1.29, 1.82) is 0 Å². The summed E-state index contributed by atoms with van der Waals surface area (Å²) >= 11 is 0.